The number of nitrogens with zero attached hydrogens (tertiary/aromatic N) is 1. The van der Waals surface area contributed by atoms with Gasteiger partial charge in [0, 0.05) is 31.1 Å². The number of hydrogen-bond donors (Lipinski definition) is 0. The Balaban J connectivity index is 1.62. The molecule has 2 aliphatic heterocycles. The Morgan fingerprint density at radius 3 is 2.62 bits per heavy atom. The molecule has 0 amide bonds. The molecule has 0 N–H and O–H groups in total. The Labute approximate surface area is 106 Å². The van der Waals surface area contributed by atoms with Crippen molar-refractivity contribution in [2.75, 3.05) is 24.6 Å². The van der Waals surface area contributed by atoms with Crippen LogP contribution in [0.5, 0.6) is 0 Å². The Bertz CT molecular complexity index is 346. The maximum atomic E-state index is 2.61. The van der Waals surface area contributed by atoms with Gasteiger partial charge in [0.1, 0.15) is 0 Å². The van der Waals surface area contributed by atoms with Crippen molar-refractivity contribution in [2.45, 2.75) is 17.0 Å². The Hall–Kier alpha value is -0.120. The molecule has 3 heteroatoms. The summed E-state index contributed by atoms with van der Waals surface area (Å²) in [6.07, 6.45) is 1.37. The second-order valence-electron chi connectivity index (χ2n) is 4.55. The van der Waals surface area contributed by atoms with E-state index in [9.17, 15) is 0 Å². The van der Waals surface area contributed by atoms with Crippen molar-refractivity contribution in [3.8, 4) is 0 Å². The lowest BCUT2D eigenvalue weighted by Crippen LogP contribution is -2.25. The van der Waals surface area contributed by atoms with E-state index in [2.05, 4.69) is 58.8 Å². The topological polar surface area (TPSA) is 3.24 Å². The van der Waals surface area contributed by atoms with Gasteiger partial charge in [0.2, 0.25) is 0 Å². The van der Waals surface area contributed by atoms with Crippen molar-refractivity contribution < 1.29 is 0 Å². The van der Waals surface area contributed by atoms with Crippen LogP contribution in [0.25, 0.3) is 0 Å². The fraction of sp³-hybridized carbons (Fsp3) is 0.538. The maximum Gasteiger partial charge on any atom is 0.0750 e. The van der Waals surface area contributed by atoms with Crippen LogP contribution in [0.4, 0.5) is 0 Å². The molecule has 2 saturated heterocycles. The van der Waals surface area contributed by atoms with E-state index in [1.54, 1.807) is 0 Å². The van der Waals surface area contributed by atoms with Gasteiger partial charge < -0.3 is 0 Å². The molecule has 3 rings (SSSR count). The largest absolute Gasteiger partial charge is 0.297 e. The van der Waals surface area contributed by atoms with E-state index in [4.69, 9.17) is 0 Å². The van der Waals surface area contributed by atoms with Gasteiger partial charge >= 0.3 is 0 Å². The molecule has 0 saturated carbocycles. The van der Waals surface area contributed by atoms with E-state index >= 15 is 0 Å². The maximum absolute atomic E-state index is 2.61. The summed E-state index contributed by atoms with van der Waals surface area (Å²) in [6, 6.07) is 10.8. The first-order valence-electron chi connectivity index (χ1n) is 5.91. The summed E-state index contributed by atoms with van der Waals surface area (Å²) in [4.78, 5) is 2.61. The van der Waals surface area contributed by atoms with Gasteiger partial charge in [0.05, 0.1) is 4.08 Å². The lowest BCUT2D eigenvalue weighted by Gasteiger charge is -2.22. The van der Waals surface area contributed by atoms with Gasteiger partial charge in [0.25, 0.3) is 0 Å². The smallest absolute Gasteiger partial charge is 0.0750 e. The van der Waals surface area contributed by atoms with Gasteiger partial charge in [-0.2, -0.15) is 0 Å². The van der Waals surface area contributed by atoms with Crippen molar-refractivity contribution in [2.24, 2.45) is 0 Å². The average molecular weight is 251 g/mol. The molecule has 2 fully saturated rings. The highest BCUT2D eigenvalue weighted by molar-refractivity contribution is 8.21. The van der Waals surface area contributed by atoms with E-state index in [-0.39, 0.29) is 0 Å². The molecule has 0 aromatic heterocycles. The zero-order valence-corrected chi connectivity index (χ0v) is 11.0. The summed E-state index contributed by atoms with van der Waals surface area (Å²) in [7, 11) is 0. The molecule has 2 heterocycles. The first-order valence-corrected chi connectivity index (χ1v) is 7.88. The van der Waals surface area contributed by atoms with Crippen LogP contribution in [-0.2, 0) is 6.54 Å². The molecule has 2 aliphatic rings. The zero-order valence-electron chi connectivity index (χ0n) is 9.39. The highest BCUT2D eigenvalue weighted by Gasteiger charge is 2.41. The Morgan fingerprint density at radius 2 is 1.88 bits per heavy atom. The fourth-order valence-corrected chi connectivity index (χ4v) is 5.80. The molecule has 0 unspecified atom stereocenters. The van der Waals surface area contributed by atoms with Crippen LogP contribution in [0.2, 0.25) is 0 Å². The predicted octanol–water partition coefficient (Wildman–Crippen LogP) is 3.07. The summed E-state index contributed by atoms with van der Waals surface area (Å²) in [5, 5.41) is 0. The van der Waals surface area contributed by atoms with Crippen molar-refractivity contribution in [1.29, 1.82) is 0 Å². The third-order valence-electron chi connectivity index (χ3n) is 3.34. The Kier molecular flexibility index (Phi) is 3.18. The van der Waals surface area contributed by atoms with Crippen LogP contribution in [-0.4, -0.2) is 33.6 Å². The van der Waals surface area contributed by atoms with Crippen LogP contribution >= 0.6 is 23.5 Å². The lowest BCUT2D eigenvalue weighted by atomic mass is 10.2. The first kappa shape index (κ1) is 11.0. The molecular weight excluding hydrogens is 234 g/mol. The normalized spacial score (nSPS) is 24.2. The minimum Gasteiger partial charge on any atom is -0.297 e. The Morgan fingerprint density at radius 1 is 1.12 bits per heavy atom. The standard InChI is InChI=1S/C13H17NS2/c1-2-4-12(5-3-1)10-14-7-6-13(11-14)15-8-9-16-13/h1-5H,6-11H2. The second-order valence-corrected chi connectivity index (χ2v) is 7.77. The number of rotatable bonds is 2. The summed E-state index contributed by atoms with van der Waals surface area (Å²) < 4.78 is 0.550. The van der Waals surface area contributed by atoms with Crippen LogP contribution in [0.3, 0.4) is 0 Å². The van der Waals surface area contributed by atoms with Gasteiger partial charge in [-0.25, -0.2) is 0 Å². The average Bonchev–Trinajstić information content (AvgIpc) is 2.92. The van der Waals surface area contributed by atoms with Gasteiger partial charge in [-0.3, -0.25) is 4.90 Å². The summed E-state index contributed by atoms with van der Waals surface area (Å²) >= 11 is 4.38. The molecule has 0 aliphatic carbocycles. The zero-order chi connectivity index (χ0) is 10.8. The molecule has 1 nitrogen and oxygen atoms in total. The van der Waals surface area contributed by atoms with E-state index in [0.717, 1.165) is 6.54 Å². The highest BCUT2D eigenvalue weighted by Crippen LogP contribution is 2.49. The van der Waals surface area contributed by atoms with Crippen LogP contribution in [0.15, 0.2) is 30.3 Å². The second kappa shape index (κ2) is 4.63. The van der Waals surface area contributed by atoms with Crippen molar-refractivity contribution in [3.63, 3.8) is 0 Å². The molecule has 1 aromatic rings. The minimum absolute atomic E-state index is 0.550. The molecule has 1 aromatic carbocycles. The molecule has 0 radical (unpaired) electrons. The third kappa shape index (κ3) is 2.27. The molecular formula is C13H17NS2. The molecule has 1 spiro atoms. The van der Waals surface area contributed by atoms with Crippen LogP contribution in [0, 0.1) is 0 Å². The summed E-state index contributed by atoms with van der Waals surface area (Å²) in [5.41, 5.74) is 1.45. The van der Waals surface area contributed by atoms with Crippen molar-refractivity contribution >= 4 is 23.5 Å². The van der Waals surface area contributed by atoms with Crippen LogP contribution < -0.4 is 0 Å². The monoisotopic (exact) mass is 251 g/mol. The van der Waals surface area contributed by atoms with Crippen molar-refractivity contribution in [3.05, 3.63) is 35.9 Å². The van der Waals surface area contributed by atoms with Gasteiger partial charge in [-0.1, -0.05) is 30.3 Å². The van der Waals surface area contributed by atoms with Gasteiger partial charge in [0.15, 0.2) is 0 Å². The quantitative estimate of drug-likeness (QED) is 0.795. The molecule has 16 heavy (non-hydrogen) atoms. The third-order valence-corrected chi connectivity index (χ3v) is 6.84. The first-order chi connectivity index (χ1) is 7.86. The fourth-order valence-electron chi connectivity index (χ4n) is 2.54. The van der Waals surface area contributed by atoms with Gasteiger partial charge in [-0.05, 0) is 12.0 Å². The number of benzene rings is 1. The van der Waals surface area contributed by atoms with E-state index in [1.807, 2.05) is 0 Å². The summed E-state index contributed by atoms with van der Waals surface area (Å²) in [6.45, 7) is 3.68. The summed E-state index contributed by atoms with van der Waals surface area (Å²) in [5.74, 6) is 2.70. The molecule has 86 valence electrons. The van der Waals surface area contributed by atoms with E-state index in [1.165, 1.54) is 36.6 Å². The number of thioether (sulfide) groups is 2. The molecule has 0 bridgehead atoms. The van der Waals surface area contributed by atoms with Crippen LogP contribution in [0.1, 0.15) is 12.0 Å². The number of likely N-dealkylation sites (tertiary alicyclic amines) is 1. The highest BCUT2D eigenvalue weighted by atomic mass is 32.2. The van der Waals surface area contributed by atoms with Gasteiger partial charge in [-0.15, -0.1) is 23.5 Å². The lowest BCUT2D eigenvalue weighted by molar-refractivity contribution is 0.330. The number of hydrogen-bond acceptors (Lipinski definition) is 3. The van der Waals surface area contributed by atoms with Crippen molar-refractivity contribution in [1.82, 2.24) is 4.90 Å². The molecule has 0 atom stereocenters. The SMILES string of the molecule is c1ccc(CN2CCC3(C2)SCCS3)cc1. The predicted molar refractivity (Wildman–Crippen MR) is 74.0 cm³/mol. The minimum atomic E-state index is 0.550. The van der Waals surface area contributed by atoms with E-state index < -0.39 is 0 Å². The van der Waals surface area contributed by atoms with E-state index in [0.29, 0.717) is 4.08 Å².